The van der Waals surface area contributed by atoms with Crippen LogP contribution in [0.3, 0.4) is 0 Å². The second kappa shape index (κ2) is 7.81. The van der Waals surface area contributed by atoms with E-state index in [-0.39, 0.29) is 6.54 Å². The maximum absolute atomic E-state index is 10.9. The lowest BCUT2D eigenvalue weighted by molar-refractivity contribution is 0.153. The van der Waals surface area contributed by atoms with E-state index in [0.717, 1.165) is 11.1 Å². The van der Waals surface area contributed by atoms with Crippen LogP contribution in [0.4, 0.5) is 5.82 Å². The number of rotatable bonds is 5. The van der Waals surface area contributed by atoms with Gasteiger partial charge in [0.2, 0.25) is 0 Å². The maximum atomic E-state index is 10.9. The molecule has 0 saturated heterocycles. The standard InChI is InChI=1S/C22H22ClN5O/c1-13(2)15-4-3-5-16(10-15)18(29)11-28-22-19(21(24)25-12-26-22)20(27-28)14-6-8-17(23)9-7-14/h3-10,12-13,18,29H,11H2,1-2H3,(H2,24,25,26). The number of aliphatic hydroxyl groups excluding tert-OH is 1. The molecular weight excluding hydrogens is 386 g/mol. The van der Waals surface area contributed by atoms with Crippen molar-refractivity contribution in [3.63, 3.8) is 0 Å². The largest absolute Gasteiger partial charge is 0.386 e. The van der Waals surface area contributed by atoms with Crippen molar-refractivity contribution >= 4 is 28.5 Å². The fourth-order valence-corrected chi connectivity index (χ4v) is 3.49. The summed E-state index contributed by atoms with van der Waals surface area (Å²) in [6.45, 7) is 4.51. The Morgan fingerprint density at radius 1 is 1.07 bits per heavy atom. The van der Waals surface area contributed by atoms with Gasteiger partial charge in [-0.25, -0.2) is 14.6 Å². The Morgan fingerprint density at radius 2 is 1.79 bits per heavy atom. The zero-order chi connectivity index (χ0) is 20.5. The Labute approximate surface area is 174 Å². The van der Waals surface area contributed by atoms with E-state index in [1.54, 1.807) is 16.8 Å². The Bertz CT molecular complexity index is 1150. The normalized spacial score (nSPS) is 12.6. The highest BCUT2D eigenvalue weighted by Crippen LogP contribution is 2.31. The highest BCUT2D eigenvalue weighted by atomic mass is 35.5. The Balaban J connectivity index is 1.75. The summed E-state index contributed by atoms with van der Waals surface area (Å²) in [4.78, 5) is 8.49. The molecule has 2 aromatic heterocycles. The quantitative estimate of drug-likeness (QED) is 0.505. The lowest BCUT2D eigenvalue weighted by Crippen LogP contribution is -2.11. The van der Waals surface area contributed by atoms with Gasteiger partial charge in [0.25, 0.3) is 0 Å². The number of hydrogen-bond donors (Lipinski definition) is 2. The molecule has 1 atom stereocenters. The molecule has 2 aromatic carbocycles. The molecule has 0 radical (unpaired) electrons. The van der Waals surface area contributed by atoms with E-state index in [1.807, 2.05) is 30.3 Å². The van der Waals surface area contributed by atoms with Gasteiger partial charge in [0.15, 0.2) is 5.65 Å². The summed E-state index contributed by atoms with van der Waals surface area (Å²) >= 11 is 6.02. The lowest BCUT2D eigenvalue weighted by Gasteiger charge is -2.14. The molecule has 4 aromatic rings. The van der Waals surface area contributed by atoms with Crippen molar-refractivity contribution in [2.24, 2.45) is 0 Å². The Kier molecular flexibility index (Phi) is 5.22. The number of aromatic nitrogens is 4. The number of anilines is 1. The van der Waals surface area contributed by atoms with Crippen molar-refractivity contribution in [3.8, 4) is 11.3 Å². The minimum atomic E-state index is -0.731. The molecule has 2 heterocycles. The molecule has 148 valence electrons. The predicted molar refractivity (Wildman–Crippen MR) is 116 cm³/mol. The molecule has 7 heteroatoms. The van der Waals surface area contributed by atoms with Crippen LogP contribution in [-0.2, 0) is 6.54 Å². The minimum absolute atomic E-state index is 0.252. The lowest BCUT2D eigenvalue weighted by atomic mass is 9.99. The molecule has 29 heavy (non-hydrogen) atoms. The fourth-order valence-electron chi connectivity index (χ4n) is 3.36. The molecule has 0 fully saturated rings. The van der Waals surface area contributed by atoms with Crippen LogP contribution in [0.1, 0.15) is 37.0 Å². The van der Waals surface area contributed by atoms with Crippen molar-refractivity contribution in [1.82, 2.24) is 19.7 Å². The van der Waals surface area contributed by atoms with Crippen LogP contribution in [0.15, 0.2) is 54.9 Å². The highest BCUT2D eigenvalue weighted by Gasteiger charge is 2.19. The van der Waals surface area contributed by atoms with Gasteiger partial charge in [0, 0.05) is 10.6 Å². The third-order valence-electron chi connectivity index (χ3n) is 4.98. The number of nitrogen functional groups attached to an aromatic ring is 1. The third kappa shape index (κ3) is 3.81. The number of aliphatic hydroxyl groups is 1. The molecule has 0 aliphatic heterocycles. The summed E-state index contributed by atoms with van der Waals surface area (Å²) < 4.78 is 1.68. The average molecular weight is 408 g/mol. The molecule has 0 aliphatic carbocycles. The molecule has 6 nitrogen and oxygen atoms in total. The van der Waals surface area contributed by atoms with E-state index in [0.29, 0.717) is 33.5 Å². The summed E-state index contributed by atoms with van der Waals surface area (Å²) in [5.74, 6) is 0.735. The smallest absolute Gasteiger partial charge is 0.164 e. The number of benzene rings is 2. The van der Waals surface area contributed by atoms with Crippen molar-refractivity contribution in [2.45, 2.75) is 32.4 Å². The molecule has 0 saturated carbocycles. The summed E-state index contributed by atoms with van der Waals surface area (Å²) in [6.07, 6.45) is 0.679. The first-order chi connectivity index (χ1) is 13.9. The van der Waals surface area contributed by atoms with Crippen molar-refractivity contribution in [1.29, 1.82) is 0 Å². The van der Waals surface area contributed by atoms with Gasteiger partial charge in [-0.1, -0.05) is 61.8 Å². The maximum Gasteiger partial charge on any atom is 0.164 e. The van der Waals surface area contributed by atoms with Crippen molar-refractivity contribution in [3.05, 3.63) is 71.0 Å². The molecule has 1 unspecified atom stereocenters. The summed E-state index contributed by atoms with van der Waals surface area (Å²) in [7, 11) is 0. The number of hydrogen-bond acceptors (Lipinski definition) is 5. The van der Waals surface area contributed by atoms with Gasteiger partial charge < -0.3 is 10.8 Å². The number of fused-ring (bicyclic) bond motifs is 1. The Morgan fingerprint density at radius 3 is 2.52 bits per heavy atom. The molecule has 3 N–H and O–H groups in total. The summed E-state index contributed by atoms with van der Waals surface area (Å²) in [5, 5.41) is 16.9. The van der Waals surface area contributed by atoms with E-state index in [1.165, 1.54) is 11.9 Å². The molecule has 0 amide bonds. The monoisotopic (exact) mass is 407 g/mol. The first kappa shape index (κ1) is 19.4. The SMILES string of the molecule is CC(C)c1cccc(C(O)Cn2nc(-c3ccc(Cl)cc3)c3c(N)ncnc32)c1. The van der Waals surface area contributed by atoms with Crippen LogP contribution < -0.4 is 5.73 Å². The number of halogens is 1. The number of nitrogens with zero attached hydrogens (tertiary/aromatic N) is 4. The summed E-state index contributed by atoms with van der Waals surface area (Å²) in [5.41, 5.74) is 10.3. The summed E-state index contributed by atoms with van der Waals surface area (Å²) in [6, 6.07) is 15.3. The van der Waals surface area contributed by atoms with Gasteiger partial charge in [-0.2, -0.15) is 5.10 Å². The van der Waals surface area contributed by atoms with Crippen LogP contribution in [0.25, 0.3) is 22.3 Å². The van der Waals surface area contributed by atoms with Crippen molar-refractivity contribution in [2.75, 3.05) is 5.73 Å². The average Bonchev–Trinajstić information content (AvgIpc) is 3.08. The molecule has 0 aliphatic rings. The topological polar surface area (TPSA) is 89.8 Å². The van der Waals surface area contributed by atoms with Gasteiger partial charge in [-0.05, 0) is 29.2 Å². The van der Waals surface area contributed by atoms with Crippen LogP contribution in [0.2, 0.25) is 5.02 Å². The zero-order valence-corrected chi connectivity index (χ0v) is 17.0. The predicted octanol–water partition coefficient (Wildman–Crippen LogP) is 4.59. The van der Waals surface area contributed by atoms with Crippen LogP contribution in [0.5, 0.6) is 0 Å². The second-order valence-electron chi connectivity index (χ2n) is 7.34. The van der Waals surface area contributed by atoms with Gasteiger partial charge in [0.1, 0.15) is 17.8 Å². The van der Waals surface area contributed by atoms with Crippen molar-refractivity contribution < 1.29 is 5.11 Å². The van der Waals surface area contributed by atoms with E-state index in [4.69, 9.17) is 22.4 Å². The minimum Gasteiger partial charge on any atom is -0.386 e. The van der Waals surface area contributed by atoms with E-state index < -0.39 is 6.10 Å². The first-order valence-electron chi connectivity index (χ1n) is 9.45. The zero-order valence-electron chi connectivity index (χ0n) is 16.2. The molecular formula is C22H22ClN5O. The van der Waals surface area contributed by atoms with Crippen LogP contribution in [0, 0.1) is 0 Å². The third-order valence-corrected chi connectivity index (χ3v) is 5.24. The molecule has 4 rings (SSSR count). The van der Waals surface area contributed by atoms with Crippen LogP contribution >= 0.6 is 11.6 Å². The van der Waals surface area contributed by atoms with Gasteiger partial charge >= 0.3 is 0 Å². The van der Waals surface area contributed by atoms with E-state index in [2.05, 4.69) is 29.9 Å². The van der Waals surface area contributed by atoms with Gasteiger partial charge in [-0.15, -0.1) is 0 Å². The molecule has 0 spiro atoms. The fraction of sp³-hybridized carbons (Fsp3) is 0.227. The molecule has 0 bridgehead atoms. The first-order valence-corrected chi connectivity index (χ1v) is 9.82. The van der Waals surface area contributed by atoms with Gasteiger partial charge in [0.05, 0.1) is 18.0 Å². The highest BCUT2D eigenvalue weighted by molar-refractivity contribution is 6.30. The van der Waals surface area contributed by atoms with Crippen LogP contribution in [-0.4, -0.2) is 24.9 Å². The second-order valence-corrected chi connectivity index (χ2v) is 7.77. The van der Waals surface area contributed by atoms with E-state index in [9.17, 15) is 5.11 Å². The number of nitrogens with two attached hydrogens (primary N) is 1. The van der Waals surface area contributed by atoms with E-state index >= 15 is 0 Å². The van der Waals surface area contributed by atoms with Gasteiger partial charge in [-0.3, -0.25) is 0 Å². The Hall–Kier alpha value is -2.96.